The smallest absolute Gasteiger partial charge is 0.160 e. The van der Waals surface area contributed by atoms with Crippen molar-refractivity contribution >= 4 is 10.9 Å². The van der Waals surface area contributed by atoms with Crippen LogP contribution < -0.4 is 0 Å². The maximum Gasteiger partial charge on any atom is 0.160 e. The Labute approximate surface area is 309 Å². The number of benzene rings is 8. The van der Waals surface area contributed by atoms with Gasteiger partial charge in [-0.25, -0.2) is 9.97 Å². The molecule has 0 saturated heterocycles. The minimum Gasteiger partial charge on any atom is -0.228 e. The number of nitrogens with zero attached hydrogens (tertiary/aromatic N) is 2. The lowest BCUT2D eigenvalue weighted by Crippen LogP contribution is -2.34. The molecule has 248 valence electrons. The minimum atomic E-state index is -0.773. The lowest BCUT2D eigenvalue weighted by Gasteiger charge is -2.42. The molecule has 0 aliphatic heterocycles. The lowest BCUT2D eigenvalue weighted by atomic mass is 9.59. The molecular formula is C51H34N2. The molecule has 2 heteroatoms. The Morgan fingerprint density at radius 1 is 0.321 bits per heavy atom. The third-order valence-electron chi connectivity index (χ3n) is 10.8. The molecule has 0 N–H and O–H groups in total. The topological polar surface area (TPSA) is 25.8 Å². The van der Waals surface area contributed by atoms with Gasteiger partial charge in [0.2, 0.25) is 0 Å². The molecule has 1 atom stereocenters. The van der Waals surface area contributed by atoms with E-state index in [0.717, 1.165) is 33.3 Å². The monoisotopic (exact) mass is 674 g/mol. The fourth-order valence-electron chi connectivity index (χ4n) is 8.61. The molecule has 8 aromatic carbocycles. The third-order valence-corrected chi connectivity index (χ3v) is 10.8. The summed E-state index contributed by atoms with van der Waals surface area (Å²) in [5, 5.41) is 1.03. The van der Waals surface area contributed by atoms with E-state index in [9.17, 15) is 0 Å². The number of rotatable bonds is 5. The standard InChI is InChI=1S/C51H34N2/c1-4-19-35(20-5-1)48-41-30-18-33-46(48)51(37-23-8-3-9-24-37,44-31-15-12-27-40(44)38-25-10-11-26-39(38)41)45-32-16-13-28-42(45)50-52-47-34-17-14-29-43(47)49(53-50)36-21-6-2-7-22-36/h1-34H. The Bertz CT molecular complexity index is 2770. The van der Waals surface area contributed by atoms with E-state index < -0.39 is 5.41 Å². The molecule has 1 aliphatic carbocycles. The fraction of sp³-hybridized carbons (Fsp3) is 0.0196. The van der Waals surface area contributed by atoms with E-state index in [2.05, 4.69) is 206 Å². The van der Waals surface area contributed by atoms with Gasteiger partial charge < -0.3 is 0 Å². The number of aromatic nitrogens is 2. The highest BCUT2D eigenvalue weighted by Gasteiger charge is 2.45. The van der Waals surface area contributed by atoms with Gasteiger partial charge in [0.15, 0.2) is 5.82 Å². The molecule has 1 aromatic heterocycles. The van der Waals surface area contributed by atoms with Crippen molar-refractivity contribution in [3.63, 3.8) is 0 Å². The maximum absolute atomic E-state index is 5.46. The van der Waals surface area contributed by atoms with E-state index in [1.807, 2.05) is 0 Å². The summed E-state index contributed by atoms with van der Waals surface area (Å²) in [6.07, 6.45) is 0. The molecule has 0 amide bonds. The Hall–Kier alpha value is -6.90. The highest BCUT2D eigenvalue weighted by atomic mass is 14.9. The van der Waals surface area contributed by atoms with Crippen LogP contribution in [0, 0.1) is 0 Å². The third kappa shape index (κ3) is 4.87. The van der Waals surface area contributed by atoms with Crippen molar-refractivity contribution in [3.05, 3.63) is 229 Å². The van der Waals surface area contributed by atoms with Gasteiger partial charge in [-0.3, -0.25) is 0 Å². The van der Waals surface area contributed by atoms with Crippen LogP contribution in [0.2, 0.25) is 0 Å². The van der Waals surface area contributed by atoms with Gasteiger partial charge in [0.05, 0.1) is 16.6 Å². The zero-order chi connectivity index (χ0) is 35.2. The van der Waals surface area contributed by atoms with Crippen LogP contribution >= 0.6 is 0 Å². The van der Waals surface area contributed by atoms with E-state index in [-0.39, 0.29) is 0 Å². The number of para-hydroxylation sites is 1. The Kier molecular flexibility index (Phi) is 7.40. The average molecular weight is 675 g/mol. The van der Waals surface area contributed by atoms with Crippen molar-refractivity contribution in [1.82, 2.24) is 9.97 Å². The Morgan fingerprint density at radius 2 is 0.811 bits per heavy atom. The Balaban J connectivity index is 1.40. The highest BCUT2D eigenvalue weighted by Crippen LogP contribution is 2.57. The second kappa shape index (κ2) is 12.7. The largest absolute Gasteiger partial charge is 0.228 e. The first kappa shape index (κ1) is 30.9. The molecule has 10 rings (SSSR count). The minimum absolute atomic E-state index is 0.700. The van der Waals surface area contributed by atoms with Crippen molar-refractivity contribution < 1.29 is 0 Å². The summed E-state index contributed by atoms with van der Waals surface area (Å²) >= 11 is 0. The summed E-state index contributed by atoms with van der Waals surface area (Å²) in [5.74, 6) is 0.700. The predicted molar refractivity (Wildman–Crippen MR) is 219 cm³/mol. The van der Waals surface area contributed by atoms with Crippen molar-refractivity contribution in [1.29, 1.82) is 0 Å². The molecule has 0 spiro atoms. The second-order valence-electron chi connectivity index (χ2n) is 13.6. The molecule has 0 saturated carbocycles. The van der Waals surface area contributed by atoms with Gasteiger partial charge in [-0.1, -0.05) is 200 Å². The first-order chi connectivity index (χ1) is 26.3. The van der Waals surface area contributed by atoms with Crippen molar-refractivity contribution in [3.8, 4) is 56.0 Å². The van der Waals surface area contributed by atoms with Crippen LogP contribution in [0.4, 0.5) is 0 Å². The van der Waals surface area contributed by atoms with Crippen molar-refractivity contribution in [2.75, 3.05) is 0 Å². The molecule has 1 heterocycles. The van der Waals surface area contributed by atoms with Gasteiger partial charge in [-0.2, -0.15) is 0 Å². The molecular weight excluding hydrogens is 641 g/mol. The molecule has 0 fully saturated rings. The van der Waals surface area contributed by atoms with Gasteiger partial charge >= 0.3 is 0 Å². The van der Waals surface area contributed by atoms with Crippen LogP contribution in [0.1, 0.15) is 22.3 Å². The van der Waals surface area contributed by atoms with Crippen LogP contribution in [0.3, 0.4) is 0 Å². The SMILES string of the molecule is c1ccc(-c2c3cccc2C(c2ccccc2)(c2ccccc2-c2nc(-c4ccccc4)c4ccccc4n2)c2ccccc2-c2ccccc2-3)cc1. The summed E-state index contributed by atoms with van der Waals surface area (Å²) in [6, 6.07) is 74.3. The van der Waals surface area contributed by atoms with Crippen LogP contribution in [0.15, 0.2) is 206 Å². The average Bonchev–Trinajstić information content (AvgIpc) is 3.24. The van der Waals surface area contributed by atoms with Gasteiger partial charge in [0, 0.05) is 16.5 Å². The number of hydrogen-bond acceptors (Lipinski definition) is 2. The zero-order valence-corrected chi connectivity index (χ0v) is 29.0. The van der Waals surface area contributed by atoms with Crippen LogP contribution in [0.5, 0.6) is 0 Å². The first-order valence-corrected chi connectivity index (χ1v) is 18.2. The van der Waals surface area contributed by atoms with E-state index in [4.69, 9.17) is 9.97 Å². The Morgan fingerprint density at radius 3 is 1.53 bits per heavy atom. The zero-order valence-electron chi connectivity index (χ0n) is 29.0. The van der Waals surface area contributed by atoms with Gasteiger partial charge in [0.1, 0.15) is 0 Å². The summed E-state index contributed by atoms with van der Waals surface area (Å²) in [4.78, 5) is 10.8. The predicted octanol–water partition coefficient (Wildman–Crippen LogP) is 12.7. The van der Waals surface area contributed by atoms with Crippen molar-refractivity contribution in [2.45, 2.75) is 5.41 Å². The van der Waals surface area contributed by atoms with Gasteiger partial charge in [0.25, 0.3) is 0 Å². The molecule has 1 unspecified atom stereocenters. The van der Waals surface area contributed by atoms with Crippen LogP contribution in [-0.2, 0) is 5.41 Å². The number of fused-ring (bicyclic) bond motifs is 7. The molecule has 1 aliphatic rings. The van der Waals surface area contributed by atoms with Crippen LogP contribution in [0.25, 0.3) is 66.9 Å². The molecule has 9 aromatic rings. The fourth-order valence-corrected chi connectivity index (χ4v) is 8.61. The summed E-state index contributed by atoms with van der Waals surface area (Å²) in [5.41, 5.74) is 15.1. The summed E-state index contributed by atoms with van der Waals surface area (Å²) in [6.45, 7) is 0. The normalized spacial score (nSPS) is 14.5. The number of hydrogen-bond donors (Lipinski definition) is 0. The van der Waals surface area contributed by atoms with E-state index in [0.29, 0.717) is 5.82 Å². The van der Waals surface area contributed by atoms with E-state index >= 15 is 0 Å². The molecule has 2 bridgehead atoms. The quantitative estimate of drug-likeness (QED) is 0.182. The van der Waals surface area contributed by atoms with E-state index in [1.165, 1.54) is 50.1 Å². The van der Waals surface area contributed by atoms with Crippen LogP contribution in [-0.4, -0.2) is 9.97 Å². The molecule has 0 radical (unpaired) electrons. The lowest BCUT2D eigenvalue weighted by molar-refractivity contribution is 0.749. The first-order valence-electron chi connectivity index (χ1n) is 18.2. The van der Waals surface area contributed by atoms with Crippen molar-refractivity contribution in [2.24, 2.45) is 0 Å². The highest BCUT2D eigenvalue weighted by molar-refractivity contribution is 5.99. The summed E-state index contributed by atoms with van der Waals surface area (Å²) in [7, 11) is 0. The molecule has 2 nitrogen and oxygen atoms in total. The maximum atomic E-state index is 5.46. The van der Waals surface area contributed by atoms with E-state index in [1.54, 1.807) is 0 Å². The second-order valence-corrected chi connectivity index (χ2v) is 13.6. The van der Waals surface area contributed by atoms with Gasteiger partial charge in [-0.05, 0) is 61.7 Å². The van der Waals surface area contributed by atoms with Gasteiger partial charge in [-0.15, -0.1) is 0 Å². The molecule has 53 heavy (non-hydrogen) atoms. The summed E-state index contributed by atoms with van der Waals surface area (Å²) < 4.78 is 0.